The molecule has 2 fully saturated rings. The van der Waals surface area contributed by atoms with Crippen LogP contribution in [0.25, 0.3) is 0 Å². The quantitative estimate of drug-likeness (QED) is 0.354. The van der Waals surface area contributed by atoms with Gasteiger partial charge in [-0.2, -0.15) is 0 Å². The molecule has 0 amide bonds. The van der Waals surface area contributed by atoms with Gasteiger partial charge in [0.05, 0.1) is 17.4 Å². The maximum Gasteiger partial charge on any atom is 0.111 e. The maximum atomic E-state index is 7.44. The van der Waals surface area contributed by atoms with Gasteiger partial charge < -0.3 is 8.92 Å². The second-order valence-electron chi connectivity index (χ2n) is 16.1. The van der Waals surface area contributed by atoms with Crippen molar-refractivity contribution in [1.82, 2.24) is 4.98 Å². The van der Waals surface area contributed by atoms with Gasteiger partial charge in [-0.25, -0.2) is 0 Å². The van der Waals surface area contributed by atoms with Crippen LogP contribution in [0.4, 0.5) is 0 Å². The summed E-state index contributed by atoms with van der Waals surface area (Å²) in [5.74, 6) is 1.08. The Hall–Kier alpha value is -1.36. The SMILES string of the molecule is CC(C)c1ccc(C2OC3(CCCC3)c3c4c(nc(C5CCCC5)c32)CC(C)(C)CC4OS(C)(C)C(C)(C)C)cc1. The molecule has 2 unspecified atom stereocenters. The molecular formula is C37H55NO2S. The van der Waals surface area contributed by atoms with Crippen molar-refractivity contribution >= 4 is 10.3 Å². The zero-order valence-electron chi connectivity index (χ0n) is 27.4. The monoisotopic (exact) mass is 577 g/mol. The number of fused-ring (bicyclic) bond motifs is 4. The van der Waals surface area contributed by atoms with Crippen molar-refractivity contribution in [3.05, 3.63) is 63.5 Å². The highest BCUT2D eigenvalue weighted by atomic mass is 32.3. The van der Waals surface area contributed by atoms with E-state index in [-0.39, 0.29) is 28.0 Å². The minimum Gasteiger partial charge on any atom is -0.358 e. The Bertz CT molecular complexity index is 1270. The molecule has 1 spiro atoms. The molecule has 41 heavy (non-hydrogen) atoms. The second-order valence-corrected chi connectivity index (χ2v) is 20.0. The van der Waals surface area contributed by atoms with Crippen LogP contribution in [0.2, 0.25) is 0 Å². The first-order valence-electron chi connectivity index (χ1n) is 16.5. The van der Waals surface area contributed by atoms with Gasteiger partial charge in [0.2, 0.25) is 0 Å². The molecule has 0 N–H and O–H groups in total. The van der Waals surface area contributed by atoms with Crippen LogP contribution in [-0.4, -0.2) is 22.2 Å². The lowest BCUT2D eigenvalue weighted by molar-refractivity contribution is -0.0577. The van der Waals surface area contributed by atoms with E-state index in [0.29, 0.717) is 11.8 Å². The number of aromatic nitrogens is 1. The van der Waals surface area contributed by atoms with Crippen LogP contribution in [0.3, 0.4) is 0 Å². The molecule has 2 aromatic rings. The predicted octanol–water partition coefficient (Wildman–Crippen LogP) is 10.6. The number of pyridine rings is 1. The van der Waals surface area contributed by atoms with Gasteiger partial charge in [0, 0.05) is 27.5 Å². The molecular weight excluding hydrogens is 522 g/mol. The Morgan fingerprint density at radius 1 is 0.951 bits per heavy atom. The fourth-order valence-corrected chi connectivity index (χ4v) is 9.06. The van der Waals surface area contributed by atoms with E-state index in [4.69, 9.17) is 13.9 Å². The Morgan fingerprint density at radius 2 is 1.59 bits per heavy atom. The van der Waals surface area contributed by atoms with Gasteiger partial charge >= 0.3 is 0 Å². The molecule has 0 saturated heterocycles. The Balaban J connectivity index is 1.59. The summed E-state index contributed by atoms with van der Waals surface area (Å²) in [5.41, 5.74) is 9.72. The lowest BCUT2D eigenvalue weighted by Crippen LogP contribution is -2.35. The molecule has 4 heteroatoms. The van der Waals surface area contributed by atoms with E-state index in [9.17, 15) is 0 Å². The van der Waals surface area contributed by atoms with Crippen LogP contribution in [0.5, 0.6) is 0 Å². The van der Waals surface area contributed by atoms with Gasteiger partial charge in [-0.1, -0.05) is 98.4 Å². The summed E-state index contributed by atoms with van der Waals surface area (Å²) < 4.78 is 14.9. The van der Waals surface area contributed by atoms with Crippen molar-refractivity contribution in [2.45, 2.75) is 147 Å². The van der Waals surface area contributed by atoms with Crippen LogP contribution in [0, 0.1) is 5.41 Å². The van der Waals surface area contributed by atoms with E-state index >= 15 is 0 Å². The summed E-state index contributed by atoms with van der Waals surface area (Å²) >= 11 is 0. The van der Waals surface area contributed by atoms with E-state index < -0.39 is 10.3 Å². The summed E-state index contributed by atoms with van der Waals surface area (Å²) in [6.45, 7) is 16.5. The largest absolute Gasteiger partial charge is 0.358 e. The number of benzene rings is 1. The third-order valence-corrected chi connectivity index (χ3v) is 14.7. The number of ether oxygens (including phenoxy) is 1. The third-order valence-electron chi connectivity index (χ3n) is 11.0. The van der Waals surface area contributed by atoms with Crippen LogP contribution >= 0.6 is 10.3 Å². The summed E-state index contributed by atoms with van der Waals surface area (Å²) in [6, 6.07) is 9.35. The summed E-state index contributed by atoms with van der Waals surface area (Å²) in [5, 5.41) is 0. The first kappa shape index (κ1) is 29.7. The first-order valence-corrected chi connectivity index (χ1v) is 18.8. The average molecular weight is 578 g/mol. The zero-order valence-corrected chi connectivity index (χ0v) is 28.2. The molecule has 3 nitrogen and oxygen atoms in total. The van der Waals surface area contributed by atoms with E-state index in [1.165, 1.54) is 77.7 Å². The highest BCUT2D eigenvalue weighted by Crippen LogP contribution is 2.64. The van der Waals surface area contributed by atoms with Gasteiger partial charge in [0.1, 0.15) is 6.10 Å². The van der Waals surface area contributed by atoms with E-state index in [1.54, 1.807) is 0 Å². The Kier molecular flexibility index (Phi) is 7.52. The van der Waals surface area contributed by atoms with Gasteiger partial charge in [-0.3, -0.25) is 4.98 Å². The van der Waals surface area contributed by atoms with E-state index in [2.05, 4.69) is 85.2 Å². The molecule has 1 aromatic carbocycles. The van der Waals surface area contributed by atoms with Crippen molar-refractivity contribution in [2.75, 3.05) is 12.5 Å². The smallest absolute Gasteiger partial charge is 0.111 e. The fraction of sp³-hybridized carbons (Fsp3) is 0.703. The summed E-state index contributed by atoms with van der Waals surface area (Å²) in [7, 11) is -1.32. The highest BCUT2D eigenvalue weighted by Gasteiger charge is 2.54. The van der Waals surface area contributed by atoms with Gasteiger partial charge in [-0.15, -0.1) is 10.3 Å². The van der Waals surface area contributed by atoms with Crippen LogP contribution in [0.1, 0.15) is 170 Å². The van der Waals surface area contributed by atoms with Crippen molar-refractivity contribution < 1.29 is 8.92 Å². The minimum atomic E-state index is -1.32. The van der Waals surface area contributed by atoms with Crippen molar-refractivity contribution in [1.29, 1.82) is 0 Å². The third kappa shape index (κ3) is 5.22. The molecule has 4 aliphatic rings. The van der Waals surface area contributed by atoms with Crippen LogP contribution < -0.4 is 0 Å². The van der Waals surface area contributed by atoms with Gasteiger partial charge in [-0.05, 0) is 79.1 Å². The fourth-order valence-electron chi connectivity index (χ4n) is 8.03. The molecule has 1 aromatic heterocycles. The molecule has 2 heterocycles. The topological polar surface area (TPSA) is 31.4 Å². The summed E-state index contributed by atoms with van der Waals surface area (Å²) in [6.07, 6.45) is 16.7. The van der Waals surface area contributed by atoms with E-state index in [1.807, 2.05) is 0 Å². The Labute approximate surface area is 252 Å². The molecule has 6 rings (SSSR count). The molecule has 226 valence electrons. The lowest BCUT2D eigenvalue weighted by atomic mass is 9.70. The number of hydrogen-bond acceptors (Lipinski definition) is 3. The van der Waals surface area contributed by atoms with Crippen molar-refractivity contribution in [2.24, 2.45) is 5.41 Å². The van der Waals surface area contributed by atoms with Gasteiger partial charge in [0.15, 0.2) is 0 Å². The second kappa shape index (κ2) is 10.4. The normalized spacial score (nSPS) is 26.1. The summed E-state index contributed by atoms with van der Waals surface area (Å²) in [4.78, 5) is 5.73. The Morgan fingerprint density at radius 3 is 2.17 bits per heavy atom. The van der Waals surface area contributed by atoms with Gasteiger partial charge in [0.25, 0.3) is 0 Å². The molecule has 2 saturated carbocycles. The van der Waals surface area contributed by atoms with Crippen molar-refractivity contribution in [3.63, 3.8) is 0 Å². The predicted molar refractivity (Wildman–Crippen MR) is 174 cm³/mol. The number of nitrogens with zero attached hydrogens (tertiary/aromatic N) is 1. The molecule has 3 aliphatic carbocycles. The lowest BCUT2D eigenvalue weighted by Gasteiger charge is -2.49. The minimum absolute atomic E-state index is 0.0312. The number of rotatable bonds is 5. The molecule has 0 radical (unpaired) electrons. The van der Waals surface area contributed by atoms with Crippen molar-refractivity contribution in [3.8, 4) is 0 Å². The highest BCUT2D eigenvalue weighted by molar-refractivity contribution is 8.29. The average Bonchev–Trinajstić information content (AvgIpc) is 3.64. The van der Waals surface area contributed by atoms with Crippen LogP contribution in [-0.2, 0) is 20.9 Å². The number of hydrogen-bond donors (Lipinski definition) is 0. The molecule has 2 atom stereocenters. The molecule has 0 bridgehead atoms. The zero-order chi connectivity index (χ0) is 29.4. The molecule has 1 aliphatic heterocycles. The first-order chi connectivity index (χ1) is 19.2. The maximum absolute atomic E-state index is 7.44. The van der Waals surface area contributed by atoms with E-state index in [0.717, 1.165) is 25.7 Å². The van der Waals surface area contributed by atoms with Crippen LogP contribution in [0.15, 0.2) is 24.3 Å². The standard InChI is InChI=1S/C37H55NO2S/c1-24(2)25-16-18-27(19-17-25)34-31-32(37(39-34)20-12-13-21-37)30-28(38-33(31)26-14-10-11-15-26)22-36(6,7)23-29(30)40-41(8,9)35(3,4)5/h16-19,24,26,29,34H,10-15,20-23H2,1-9H3.